The number of hydrogen-bond acceptors (Lipinski definition) is 8. The van der Waals surface area contributed by atoms with Crippen molar-refractivity contribution in [1.82, 2.24) is 4.90 Å². The average Bonchev–Trinajstić information content (AvgIpc) is 2.93. The van der Waals surface area contributed by atoms with E-state index >= 15 is 0 Å². The van der Waals surface area contributed by atoms with Gasteiger partial charge in [0.05, 0.1) is 66.1 Å². The smallest absolute Gasteiger partial charge is 0.188 e. The van der Waals surface area contributed by atoms with Gasteiger partial charge in [-0.2, -0.15) is 0 Å². The zero-order chi connectivity index (χ0) is 21.9. The molecular formula is C22H28BrNO7. The highest BCUT2D eigenvalue weighted by Crippen LogP contribution is 2.30. The lowest BCUT2D eigenvalue weighted by Crippen LogP contribution is -2.30. The fraction of sp³-hybridized carbons (Fsp3) is 0.545. The minimum atomic E-state index is -0.166. The molecule has 0 unspecified atom stereocenters. The predicted molar refractivity (Wildman–Crippen MR) is 118 cm³/mol. The van der Waals surface area contributed by atoms with E-state index in [1.54, 1.807) is 12.1 Å². The molecule has 1 saturated heterocycles. The summed E-state index contributed by atoms with van der Waals surface area (Å²) in [7, 11) is 0. The molecule has 1 aromatic carbocycles. The number of ketones is 1. The SMILES string of the molecule is O=C1C=C(N2CCOCCOCCOCCOCCOCC2)c2cc(=O)cc(Br)cc21. The first-order valence-corrected chi connectivity index (χ1v) is 11.2. The molecule has 0 saturated carbocycles. The summed E-state index contributed by atoms with van der Waals surface area (Å²) >= 11 is 3.32. The molecule has 0 amide bonds. The lowest BCUT2D eigenvalue weighted by Gasteiger charge is -2.26. The van der Waals surface area contributed by atoms with Gasteiger partial charge in [-0.05, 0) is 18.2 Å². The van der Waals surface area contributed by atoms with Crippen molar-refractivity contribution < 1.29 is 28.5 Å². The molecule has 170 valence electrons. The lowest BCUT2D eigenvalue weighted by atomic mass is 10.1. The van der Waals surface area contributed by atoms with Crippen LogP contribution in [-0.4, -0.2) is 89.8 Å². The van der Waals surface area contributed by atoms with Gasteiger partial charge in [0.25, 0.3) is 0 Å². The number of carbonyl (C=O) groups is 1. The maximum absolute atomic E-state index is 12.6. The Morgan fingerprint density at radius 2 is 1.13 bits per heavy atom. The van der Waals surface area contributed by atoms with Gasteiger partial charge in [0.15, 0.2) is 11.2 Å². The van der Waals surface area contributed by atoms with Gasteiger partial charge < -0.3 is 28.6 Å². The Morgan fingerprint density at radius 1 is 0.645 bits per heavy atom. The summed E-state index contributed by atoms with van der Waals surface area (Å²) in [5, 5.41) is 0. The van der Waals surface area contributed by atoms with Crippen molar-refractivity contribution in [3.05, 3.63) is 50.1 Å². The number of rotatable bonds is 1. The number of nitrogens with zero attached hydrogens (tertiary/aromatic N) is 1. The molecule has 1 heterocycles. The van der Waals surface area contributed by atoms with Crippen LogP contribution in [0.5, 0.6) is 0 Å². The number of ether oxygens (including phenoxy) is 5. The van der Waals surface area contributed by atoms with Crippen LogP contribution < -0.4 is 5.43 Å². The van der Waals surface area contributed by atoms with E-state index in [1.807, 2.05) is 4.90 Å². The van der Waals surface area contributed by atoms with Crippen LogP contribution in [0.3, 0.4) is 0 Å². The average molecular weight is 498 g/mol. The second kappa shape index (κ2) is 13.0. The van der Waals surface area contributed by atoms with Gasteiger partial charge in [0.2, 0.25) is 0 Å². The highest BCUT2D eigenvalue weighted by atomic mass is 79.9. The fourth-order valence-corrected chi connectivity index (χ4v) is 3.75. The van der Waals surface area contributed by atoms with Crippen LogP contribution in [0.4, 0.5) is 0 Å². The molecule has 2 aliphatic rings. The predicted octanol–water partition coefficient (Wildman–Crippen LogP) is 1.75. The zero-order valence-corrected chi connectivity index (χ0v) is 19.1. The molecule has 8 nitrogen and oxygen atoms in total. The maximum atomic E-state index is 12.6. The van der Waals surface area contributed by atoms with Crippen molar-refractivity contribution in [2.75, 3.05) is 79.2 Å². The maximum Gasteiger partial charge on any atom is 0.188 e. The van der Waals surface area contributed by atoms with Gasteiger partial charge in [0.1, 0.15) is 0 Å². The van der Waals surface area contributed by atoms with E-state index in [-0.39, 0.29) is 11.2 Å². The Hall–Kier alpha value is -1.62. The van der Waals surface area contributed by atoms with E-state index in [4.69, 9.17) is 23.7 Å². The molecule has 1 aliphatic heterocycles. The van der Waals surface area contributed by atoms with Crippen molar-refractivity contribution in [3.63, 3.8) is 0 Å². The van der Waals surface area contributed by atoms with Crippen molar-refractivity contribution >= 4 is 27.4 Å². The standard InChI is InChI=1S/C22H28BrNO7/c23-17-13-18(25)15-19-20(14-17)22(26)16-21(19)24-1-3-27-5-7-29-9-11-31-12-10-30-8-6-28-4-2-24/h13-16H,1-12H2. The largest absolute Gasteiger partial charge is 0.377 e. The topological polar surface area (TPSA) is 83.5 Å². The first-order valence-electron chi connectivity index (χ1n) is 10.4. The van der Waals surface area contributed by atoms with Gasteiger partial charge in [-0.1, -0.05) is 15.9 Å². The fourth-order valence-electron chi connectivity index (χ4n) is 3.30. The molecule has 1 fully saturated rings. The van der Waals surface area contributed by atoms with Crippen LogP contribution in [0.1, 0.15) is 15.9 Å². The van der Waals surface area contributed by atoms with E-state index in [1.165, 1.54) is 12.1 Å². The molecule has 31 heavy (non-hydrogen) atoms. The summed E-state index contributed by atoms with van der Waals surface area (Å²) in [5.41, 5.74) is 1.69. The van der Waals surface area contributed by atoms with Crippen molar-refractivity contribution in [2.24, 2.45) is 0 Å². The molecule has 3 rings (SSSR count). The van der Waals surface area contributed by atoms with E-state index < -0.39 is 0 Å². The van der Waals surface area contributed by atoms with Crippen LogP contribution in [0.15, 0.2) is 33.5 Å². The first-order chi connectivity index (χ1) is 15.1. The van der Waals surface area contributed by atoms with Crippen LogP contribution in [0.25, 0.3) is 5.70 Å². The quantitative estimate of drug-likeness (QED) is 0.580. The number of hydrogen-bond donors (Lipinski definition) is 0. The molecule has 0 N–H and O–H groups in total. The summed E-state index contributed by atoms with van der Waals surface area (Å²) in [6.07, 6.45) is 1.58. The molecular weight excluding hydrogens is 470 g/mol. The van der Waals surface area contributed by atoms with Crippen LogP contribution in [0.2, 0.25) is 0 Å². The number of allylic oxidation sites excluding steroid dienone is 1. The minimum absolute atomic E-state index is 0.119. The first kappa shape index (κ1) is 24.0. The molecule has 0 radical (unpaired) electrons. The van der Waals surface area contributed by atoms with E-state index in [9.17, 15) is 9.59 Å². The molecule has 9 heteroatoms. The molecule has 1 aromatic rings. The van der Waals surface area contributed by atoms with Gasteiger partial charge in [-0.15, -0.1) is 0 Å². The molecule has 0 atom stereocenters. The third-order valence-corrected chi connectivity index (χ3v) is 5.25. The molecule has 0 spiro atoms. The Balaban J connectivity index is 1.68. The summed E-state index contributed by atoms with van der Waals surface area (Å²) in [6, 6.07) is 4.66. The Morgan fingerprint density at radius 3 is 1.65 bits per heavy atom. The summed E-state index contributed by atoms with van der Waals surface area (Å²) in [6.45, 7) is 5.96. The van der Waals surface area contributed by atoms with Crippen molar-refractivity contribution in [3.8, 4) is 0 Å². The summed E-state index contributed by atoms with van der Waals surface area (Å²) in [4.78, 5) is 26.8. The summed E-state index contributed by atoms with van der Waals surface area (Å²) < 4.78 is 28.3. The second-order valence-electron chi connectivity index (χ2n) is 6.99. The normalized spacial score (nSPS) is 20.5. The molecule has 1 aliphatic carbocycles. The highest BCUT2D eigenvalue weighted by molar-refractivity contribution is 9.10. The summed E-state index contributed by atoms with van der Waals surface area (Å²) in [5.74, 6) is -0.119. The zero-order valence-electron chi connectivity index (χ0n) is 17.5. The van der Waals surface area contributed by atoms with Crippen LogP contribution >= 0.6 is 15.9 Å². The van der Waals surface area contributed by atoms with Crippen LogP contribution in [-0.2, 0) is 23.7 Å². The van der Waals surface area contributed by atoms with Crippen LogP contribution in [0, 0.1) is 0 Å². The van der Waals surface area contributed by atoms with Gasteiger partial charge in [-0.3, -0.25) is 9.59 Å². The van der Waals surface area contributed by atoms with Gasteiger partial charge in [0, 0.05) is 40.5 Å². The van der Waals surface area contributed by atoms with Gasteiger partial charge in [-0.25, -0.2) is 0 Å². The van der Waals surface area contributed by atoms with E-state index in [0.717, 1.165) is 0 Å². The Labute approximate surface area is 190 Å². The monoisotopic (exact) mass is 497 g/mol. The van der Waals surface area contributed by atoms with Gasteiger partial charge >= 0.3 is 0 Å². The molecule has 0 aromatic heterocycles. The van der Waals surface area contributed by atoms with E-state index in [0.29, 0.717) is 100 Å². The highest BCUT2D eigenvalue weighted by Gasteiger charge is 2.25. The number of fused-ring (bicyclic) bond motifs is 1. The lowest BCUT2D eigenvalue weighted by molar-refractivity contribution is -0.0159. The number of carbonyl (C=O) groups excluding carboxylic acids is 1. The minimum Gasteiger partial charge on any atom is -0.377 e. The third-order valence-electron chi connectivity index (χ3n) is 4.79. The van der Waals surface area contributed by atoms with E-state index in [2.05, 4.69) is 15.9 Å². The van der Waals surface area contributed by atoms with Crippen molar-refractivity contribution in [1.29, 1.82) is 0 Å². The Bertz CT molecular complexity index is 812. The molecule has 0 bridgehead atoms. The number of halogens is 1. The second-order valence-corrected chi connectivity index (χ2v) is 7.91. The van der Waals surface area contributed by atoms with Crippen molar-refractivity contribution in [2.45, 2.75) is 0 Å². The third kappa shape index (κ3) is 7.78. The Kier molecular flexibility index (Phi) is 10.1.